The van der Waals surface area contributed by atoms with E-state index in [4.69, 9.17) is 16.3 Å². The average molecular weight is 503 g/mol. The molecule has 2 heterocycles. The van der Waals surface area contributed by atoms with Crippen molar-refractivity contribution in [1.29, 1.82) is 0 Å². The zero-order valence-electron chi connectivity index (χ0n) is 19.4. The smallest absolute Gasteiger partial charge is 0.241 e. The lowest BCUT2D eigenvalue weighted by Gasteiger charge is -2.22. The van der Waals surface area contributed by atoms with Crippen molar-refractivity contribution in [1.82, 2.24) is 19.5 Å². The van der Waals surface area contributed by atoms with Crippen molar-refractivity contribution in [3.05, 3.63) is 65.3 Å². The van der Waals surface area contributed by atoms with Crippen LogP contribution in [0.4, 0.5) is 0 Å². The predicted octanol–water partition coefficient (Wildman–Crippen LogP) is 3.77. The summed E-state index contributed by atoms with van der Waals surface area (Å²) < 4.78 is 34.6. The molecule has 0 atom stereocenters. The molecule has 0 aliphatic carbocycles. The fourth-order valence-corrected chi connectivity index (χ4v) is 5.64. The summed E-state index contributed by atoms with van der Waals surface area (Å²) in [6.45, 7) is 8.14. The standard InChI is InChI=1S/C25H31ClN4O3S/c1-2-33-23-10-11-24(22-5-3-12-27-25(22)23)34(31,32)28-13-16-29-14-4-15-30(18-17-29)19-20-6-8-21(26)9-7-20/h3,5-12,28H,2,4,13-19H2,1H3. The number of nitrogens with zero attached hydrogens (tertiary/aromatic N) is 3. The van der Waals surface area contributed by atoms with Crippen molar-refractivity contribution in [3.63, 3.8) is 0 Å². The van der Waals surface area contributed by atoms with Crippen LogP contribution in [-0.4, -0.2) is 69.1 Å². The second-order valence-corrected chi connectivity index (χ2v) is 10.6. The summed E-state index contributed by atoms with van der Waals surface area (Å²) in [6.07, 6.45) is 2.69. The van der Waals surface area contributed by atoms with E-state index in [0.29, 0.717) is 36.3 Å². The number of nitrogens with one attached hydrogen (secondary N) is 1. The lowest BCUT2D eigenvalue weighted by Crippen LogP contribution is -2.37. The van der Waals surface area contributed by atoms with Crippen LogP contribution in [0, 0.1) is 0 Å². The van der Waals surface area contributed by atoms with Gasteiger partial charge in [0.15, 0.2) is 0 Å². The zero-order chi connectivity index (χ0) is 24.0. The van der Waals surface area contributed by atoms with E-state index in [1.54, 1.807) is 30.5 Å². The third-order valence-corrected chi connectivity index (χ3v) is 7.77. The van der Waals surface area contributed by atoms with Gasteiger partial charge in [-0.25, -0.2) is 13.1 Å². The fourth-order valence-electron chi connectivity index (χ4n) is 4.30. The molecule has 1 aromatic heterocycles. The monoisotopic (exact) mass is 502 g/mol. The molecular formula is C25H31ClN4O3S. The zero-order valence-corrected chi connectivity index (χ0v) is 21.0. The first-order valence-corrected chi connectivity index (χ1v) is 13.5. The minimum absolute atomic E-state index is 0.226. The van der Waals surface area contributed by atoms with Crippen LogP contribution in [0.5, 0.6) is 5.75 Å². The van der Waals surface area contributed by atoms with E-state index < -0.39 is 10.0 Å². The van der Waals surface area contributed by atoms with Crippen LogP contribution in [0.2, 0.25) is 5.02 Å². The van der Waals surface area contributed by atoms with Gasteiger partial charge in [-0.05, 0) is 68.4 Å². The quantitative estimate of drug-likeness (QED) is 0.480. The van der Waals surface area contributed by atoms with E-state index in [-0.39, 0.29) is 4.90 Å². The largest absolute Gasteiger partial charge is 0.492 e. The number of fused-ring (bicyclic) bond motifs is 1. The van der Waals surface area contributed by atoms with Crippen LogP contribution in [0.15, 0.2) is 59.6 Å². The van der Waals surface area contributed by atoms with Crippen molar-refractivity contribution in [2.75, 3.05) is 45.9 Å². The molecule has 182 valence electrons. The molecule has 7 nitrogen and oxygen atoms in total. The van der Waals surface area contributed by atoms with E-state index in [1.807, 2.05) is 19.1 Å². The Morgan fingerprint density at radius 1 is 1.03 bits per heavy atom. The van der Waals surface area contributed by atoms with Crippen molar-refractivity contribution in [2.24, 2.45) is 0 Å². The number of ether oxygens (including phenoxy) is 1. The highest BCUT2D eigenvalue weighted by atomic mass is 35.5. The molecule has 0 spiro atoms. The number of rotatable bonds is 9. The average Bonchev–Trinajstić information content (AvgIpc) is 3.06. The third kappa shape index (κ3) is 6.25. The van der Waals surface area contributed by atoms with Gasteiger partial charge in [0.2, 0.25) is 10.0 Å². The van der Waals surface area contributed by atoms with Gasteiger partial charge in [0, 0.05) is 49.3 Å². The molecule has 1 fully saturated rings. The summed E-state index contributed by atoms with van der Waals surface area (Å²) >= 11 is 5.99. The Morgan fingerprint density at radius 3 is 2.59 bits per heavy atom. The van der Waals surface area contributed by atoms with E-state index in [0.717, 1.165) is 44.2 Å². The number of hydrogen-bond donors (Lipinski definition) is 1. The van der Waals surface area contributed by atoms with Gasteiger partial charge in [-0.3, -0.25) is 9.88 Å². The van der Waals surface area contributed by atoms with Crippen molar-refractivity contribution in [2.45, 2.75) is 24.8 Å². The number of pyridine rings is 1. The van der Waals surface area contributed by atoms with Gasteiger partial charge in [0.05, 0.1) is 11.5 Å². The number of halogens is 1. The summed E-state index contributed by atoms with van der Waals surface area (Å²) in [7, 11) is -3.68. The Labute approximate surface area is 206 Å². The normalized spacial score (nSPS) is 15.9. The molecular weight excluding hydrogens is 472 g/mol. The first kappa shape index (κ1) is 24.9. The van der Waals surface area contributed by atoms with Gasteiger partial charge in [-0.2, -0.15) is 0 Å². The first-order chi connectivity index (χ1) is 16.5. The molecule has 0 bridgehead atoms. The summed E-state index contributed by atoms with van der Waals surface area (Å²) in [5.41, 5.74) is 1.81. The van der Waals surface area contributed by atoms with Crippen molar-refractivity contribution < 1.29 is 13.2 Å². The molecule has 1 N–H and O–H groups in total. The minimum atomic E-state index is -3.68. The molecule has 3 aromatic rings. The number of sulfonamides is 1. The molecule has 0 amide bonds. The Hall–Kier alpha value is -2.23. The lowest BCUT2D eigenvalue weighted by atomic mass is 10.2. The second-order valence-electron chi connectivity index (χ2n) is 8.39. The summed E-state index contributed by atoms with van der Waals surface area (Å²) in [5, 5.41) is 1.32. The minimum Gasteiger partial charge on any atom is -0.492 e. The van der Waals surface area contributed by atoms with Crippen molar-refractivity contribution in [3.8, 4) is 5.75 Å². The lowest BCUT2D eigenvalue weighted by molar-refractivity contribution is 0.253. The van der Waals surface area contributed by atoms with Crippen LogP contribution < -0.4 is 9.46 Å². The first-order valence-electron chi connectivity index (χ1n) is 11.7. The predicted molar refractivity (Wildman–Crippen MR) is 136 cm³/mol. The third-order valence-electron chi connectivity index (χ3n) is 6.00. The highest BCUT2D eigenvalue weighted by molar-refractivity contribution is 7.89. The molecule has 1 aliphatic heterocycles. The van der Waals surface area contributed by atoms with Crippen LogP contribution in [0.3, 0.4) is 0 Å². The molecule has 0 unspecified atom stereocenters. The van der Waals surface area contributed by atoms with Gasteiger partial charge < -0.3 is 9.64 Å². The molecule has 34 heavy (non-hydrogen) atoms. The topological polar surface area (TPSA) is 74.8 Å². The Balaban J connectivity index is 1.33. The summed E-state index contributed by atoms with van der Waals surface area (Å²) in [4.78, 5) is 9.33. The van der Waals surface area contributed by atoms with Crippen LogP contribution in [-0.2, 0) is 16.6 Å². The fraction of sp³-hybridized carbons (Fsp3) is 0.400. The number of aromatic nitrogens is 1. The summed E-state index contributed by atoms with van der Waals surface area (Å²) in [5.74, 6) is 0.588. The maximum absolute atomic E-state index is 13.1. The highest BCUT2D eigenvalue weighted by Crippen LogP contribution is 2.29. The molecule has 1 saturated heterocycles. The highest BCUT2D eigenvalue weighted by Gasteiger charge is 2.21. The van der Waals surface area contributed by atoms with Gasteiger partial charge >= 0.3 is 0 Å². The van der Waals surface area contributed by atoms with E-state index in [2.05, 4.69) is 31.6 Å². The Kier molecular flexibility index (Phi) is 8.39. The van der Waals surface area contributed by atoms with E-state index in [9.17, 15) is 8.42 Å². The number of benzene rings is 2. The van der Waals surface area contributed by atoms with E-state index >= 15 is 0 Å². The number of hydrogen-bond acceptors (Lipinski definition) is 6. The van der Waals surface area contributed by atoms with Crippen molar-refractivity contribution >= 4 is 32.5 Å². The Morgan fingerprint density at radius 2 is 1.79 bits per heavy atom. The van der Waals surface area contributed by atoms with Crippen LogP contribution >= 0.6 is 11.6 Å². The van der Waals surface area contributed by atoms with Gasteiger partial charge in [-0.15, -0.1) is 0 Å². The summed E-state index contributed by atoms with van der Waals surface area (Å²) in [6, 6.07) is 14.8. The molecule has 0 saturated carbocycles. The maximum Gasteiger partial charge on any atom is 0.241 e. The molecule has 1 aliphatic rings. The molecule has 2 aromatic carbocycles. The van der Waals surface area contributed by atoms with Crippen LogP contribution in [0.1, 0.15) is 18.9 Å². The van der Waals surface area contributed by atoms with E-state index in [1.165, 1.54) is 5.56 Å². The molecule has 4 rings (SSSR count). The van der Waals surface area contributed by atoms with Crippen LogP contribution in [0.25, 0.3) is 10.9 Å². The Bertz CT molecular complexity index is 1200. The maximum atomic E-state index is 13.1. The molecule has 9 heteroatoms. The second kappa shape index (κ2) is 11.5. The molecule has 0 radical (unpaired) electrons. The van der Waals surface area contributed by atoms with Gasteiger partial charge in [0.1, 0.15) is 11.3 Å². The SMILES string of the molecule is CCOc1ccc(S(=O)(=O)NCCN2CCCN(Cc3ccc(Cl)cc3)CC2)c2cccnc12. The van der Waals surface area contributed by atoms with Gasteiger partial charge in [0.25, 0.3) is 0 Å². The van der Waals surface area contributed by atoms with Gasteiger partial charge in [-0.1, -0.05) is 23.7 Å².